The number of carbonyl (C=O) groups is 1. The summed E-state index contributed by atoms with van der Waals surface area (Å²) in [6.45, 7) is 8.41. The summed E-state index contributed by atoms with van der Waals surface area (Å²) in [6.07, 6.45) is 5.18. The van der Waals surface area contributed by atoms with Crippen molar-refractivity contribution in [2.45, 2.75) is 74.4 Å². The Bertz CT molecular complexity index is 1590. The molecule has 3 heterocycles. The van der Waals surface area contributed by atoms with Crippen molar-refractivity contribution in [1.29, 1.82) is 0 Å². The van der Waals surface area contributed by atoms with Crippen molar-refractivity contribution in [2.24, 2.45) is 0 Å². The Morgan fingerprint density at radius 1 is 1.00 bits per heavy atom. The maximum atomic E-state index is 13.8. The van der Waals surface area contributed by atoms with Crippen molar-refractivity contribution < 1.29 is 42.2 Å². The Labute approximate surface area is 304 Å². The van der Waals surface area contributed by atoms with Crippen LogP contribution < -0.4 is 28.7 Å². The molecular formula is C37H45Cl2IN2O3S. The first-order chi connectivity index (χ1) is 21.5. The van der Waals surface area contributed by atoms with Crippen molar-refractivity contribution in [1.82, 2.24) is 4.90 Å². The number of halogens is 3. The van der Waals surface area contributed by atoms with Gasteiger partial charge in [0.25, 0.3) is 0 Å². The summed E-state index contributed by atoms with van der Waals surface area (Å²) in [5.74, 6) is 1.62. The second-order valence-corrected chi connectivity index (χ2v) is 16.6. The molecule has 0 saturated carbocycles. The number of fused-ring (bicyclic) bond motifs is 2. The van der Waals surface area contributed by atoms with E-state index in [1.807, 2.05) is 50.2 Å². The third kappa shape index (κ3) is 7.34. The van der Waals surface area contributed by atoms with Crippen LogP contribution in [0.5, 0.6) is 5.75 Å². The fraction of sp³-hybridized carbons (Fsp3) is 0.486. The van der Waals surface area contributed by atoms with Crippen LogP contribution in [-0.4, -0.2) is 65.4 Å². The minimum absolute atomic E-state index is 0. The van der Waals surface area contributed by atoms with Crippen LogP contribution in [0.1, 0.15) is 68.2 Å². The molecule has 3 aliphatic rings. The number of likely N-dealkylation sites (tertiary alicyclic amines) is 2. The Kier molecular flexibility index (Phi) is 11.2. The molecule has 248 valence electrons. The minimum Gasteiger partial charge on any atom is -1.00 e. The van der Waals surface area contributed by atoms with Gasteiger partial charge < -0.3 is 38.1 Å². The maximum Gasteiger partial charge on any atom is 0.227 e. The van der Waals surface area contributed by atoms with Crippen LogP contribution >= 0.6 is 23.2 Å². The average molecular weight is 796 g/mol. The second-order valence-electron chi connectivity index (χ2n) is 14.0. The summed E-state index contributed by atoms with van der Waals surface area (Å²) >= 11 is 13.0. The number of hydrogen-bond donors (Lipinski definition) is 0. The molecule has 5 nitrogen and oxygen atoms in total. The van der Waals surface area contributed by atoms with Crippen LogP contribution in [0.25, 0.3) is 0 Å². The van der Waals surface area contributed by atoms with Gasteiger partial charge in [0.2, 0.25) is 5.91 Å². The topological polar surface area (TPSA) is 46.6 Å². The number of hydrogen-bond acceptors (Lipinski definition) is 3. The van der Waals surface area contributed by atoms with Gasteiger partial charge in [-0.3, -0.25) is 9.00 Å². The largest absolute Gasteiger partial charge is 1.00 e. The maximum absolute atomic E-state index is 13.8. The molecule has 1 spiro atoms. The Hall–Kier alpha value is -1.65. The van der Waals surface area contributed by atoms with Gasteiger partial charge in [0.1, 0.15) is 5.75 Å². The van der Waals surface area contributed by atoms with E-state index in [1.54, 1.807) is 0 Å². The molecule has 2 saturated heterocycles. The molecule has 9 heteroatoms. The van der Waals surface area contributed by atoms with Crippen LogP contribution in [-0.2, 0) is 37.9 Å². The lowest BCUT2D eigenvalue weighted by molar-refractivity contribution is -0.915. The zero-order valence-corrected chi connectivity index (χ0v) is 31.6. The van der Waals surface area contributed by atoms with Crippen molar-refractivity contribution in [3.05, 3.63) is 99.0 Å². The molecule has 3 aliphatic heterocycles. The quantitative estimate of drug-likeness (QED) is 0.246. The SMILES string of the molecule is CC(C)Oc1cccc(CC(=O)N2CCCC(CC[N+]3(C)CCC4(CC3)c3ccccc3CS4=O)(c3ccc(Cl)c(Cl)c3)C2)c1.[I-]. The van der Waals surface area contributed by atoms with E-state index in [0.29, 0.717) is 28.8 Å². The van der Waals surface area contributed by atoms with Gasteiger partial charge in [-0.05, 0) is 73.2 Å². The normalized spacial score (nSPS) is 27.3. The number of carbonyl (C=O) groups excluding carboxylic acids is 1. The van der Waals surface area contributed by atoms with E-state index >= 15 is 0 Å². The van der Waals surface area contributed by atoms with Gasteiger partial charge >= 0.3 is 0 Å². The van der Waals surface area contributed by atoms with E-state index in [0.717, 1.165) is 79.6 Å². The molecule has 1 amide bonds. The third-order valence-corrected chi connectivity index (χ3v) is 13.4. The fourth-order valence-corrected chi connectivity index (χ4v) is 10.1. The molecule has 0 N–H and O–H groups in total. The van der Waals surface area contributed by atoms with E-state index in [2.05, 4.69) is 42.3 Å². The van der Waals surface area contributed by atoms with Gasteiger partial charge in [-0.15, -0.1) is 0 Å². The van der Waals surface area contributed by atoms with Gasteiger partial charge in [0, 0.05) is 54.3 Å². The van der Waals surface area contributed by atoms with Gasteiger partial charge in [-0.1, -0.05) is 65.7 Å². The van der Waals surface area contributed by atoms with Gasteiger partial charge in [-0.2, -0.15) is 0 Å². The summed E-state index contributed by atoms with van der Waals surface area (Å²) < 4.78 is 20.1. The standard InChI is InChI=1S/C37H45Cl2N2O3S.HI/c1-27(2)44-31-10-6-8-28(22-31)23-35(42)40-18-7-14-36(26-40,30-12-13-33(38)34(39)24-30)15-19-41(3)20-16-37(17-21-41)32-11-5-4-9-29(32)25-45(37)43;/h4-6,8-13,22,24,27H,7,14-21,23,25-26H2,1-3H3;1H/q+1;/p-1. The second kappa shape index (κ2) is 14.5. The molecular weight excluding hydrogens is 750 g/mol. The van der Waals surface area contributed by atoms with Crippen molar-refractivity contribution in [2.75, 3.05) is 39.8 Å². The Balaban J connectivity index is 0.00000417. The van der Waals surface area contributed by atoms with Crippen LogP contribution in [0.3, 0.4) is 0 Å². The van der Waals surface area contributed by atoms with Crippen molar-refractivity contribution in [3.63, 3.8) is 0 Å². The number of quaternary nitrogens is 1. The lowest BCUT2D eigenvalue weighted by Crippen LogP contribution is -3.00. The lowest BCUT2D eigenvalue weighted by Gasteiger charge is -2.48. The summed E-state index contributed by atoms with van der Waals surface area (Å²) in [7, 11) is 1.49. The Morgan fingerprint density at radius 3 is 2.50 bits per heavy atom. The Morgan fingerprint density at radius 2 is 1.76 bits per heavy atom. The van der Waals surface area contributed by atoms with E-state index in [4.69, 9.17) is 27.9 Å². The molecule has 0 aromatic heterocycles. The zero-order valence-electron chi connectivity index (χ0n) is 27.1. The molecule has 3 aromatic rings. The van der Waals surface area contributed by atoms with E-state index in [1.165, 1.54) is 11.1 Å². The lowest BCUT2D eigenvalue weighted by atomic mass is 9.71. The van der Waals surface area contributed by atoms with Gasteiger partial charge in [-0.25, -0.2) is 0 Å². The van der Waals surface area contributed by atoms with E-state index in [-0.39, 0.29) is 46.1 Å². The number of benzene rings is 3. The molecule has 3 aromatic carbocycles. The highest BCUT2D eigenvalue weighted by atomic mass is 127. The summed E-state index contributed by atoms with van der Waals surface area (Å²) in [6, 6.07) is 22.4. The van der Waals surface area contributed by atoms with Crippen LogP contribution in [0.2, 0.25) is 10.0 Å². The van der Waals surface area contributed by atoms with E-state index in [9.17, 15) is 9.00 Å². The highest BCUT2D eigenvalue weighted by molar-refractivity contribution is 7.85. The monoisotopic (exact) mass is 794 g/mol. The fourth-order valence-electron chi connectivity index (χ4n) is 7.88. The first-order valence-corrected chi connectivity index (χ1v) is 18.4. The van der Waals surface area contributed by atoms with Crippen LogP contribution in [0.15, 0.2) is 66.7 Å². The van der Waals surface area contributed by atoms with Crippen LogP contribution in [0.4, 0.5) is 0 Å². The first kappa shape index (κ1) is 35.7. The summed E-state index contributed by atoms with van der Waals surface area (Å²) in [5.41, 5.74) is 4.48. The highest BCUT2D eigenvalue weighted by Gasteiger charge is 2.51. The number of rotatable bonds is 8. The number of piperidine rings is 2. The molecule has 2 fully saturated rings. The van der Waals surface area contributed by atoms with E-state index < -0.39 is 10.8 Å². The zero-order chi connectivity index (χ0) is 31.8. The van der Waals surface area contributed by atoms with Crippen LogP contribution in [0, 0.1) is 0 Å². The molecule has 0 bridgehead atoms. The molecule has 6 rings (SSSR count). The average Bonchev–Trinajstić information content (AvgIpc) is 3.29. The number of amides is 1. The number of nitrogens with zero attached hydrogens (tertiary/aromatic N) is 2. The smallest absolute Gasteiger partial charge is 0.227 e. The summed E-state index contributed by atoms with van der Waals surface area (Å²) in [5, 5.41) is 1.11. The predicted molar refractivity (Wildman–Crippen MR) is 184 cm³/mol. The molecule has 2 atom stereocenters. The molecule has 0 radical (unpaired) electrons. The first-order valence-electron chi connectivity index (χ1n) is 16.3. The minimum atomic E-state index is -0.870. The molecule has 0 aliphatic carbocycles. The third-order valence-electron chi connectivity index (χ3n) is 10.6. The van der Waals surface area contributed by atoms with Gasteiger partial charge in [0.05, 0.1) is 54.0 Å². The van der Waals surface area contributed by atoms with Crippen molar-refractivity contribution in [3.8, 4) is 5.75 Å². The van der Waals surface area contributed by atoms with Gasteiger partial charge in [0.15, 0.2) is 0 Å². The molecule has 2 unspecified atom stereocenters. The van der Waals surface area contributed by atoms with Crippen molar-refractivity contribution >= 4 is 39.9 Å². The predicted octanol–water partition coefficient (Wildman–Crippen LogP) is 4.68. The highest BCUT2D eigenvalue weighted by Crippen LogP contribution is 2.48. The molecule has 46 heavy (non-hydrogen) atoms. The summed E-state index contributed by atoms with van der Waals surface area (Å²) in [4.78, 5) is 15.9. The number of ether oxygens (including phenoxy) is 1.